The summed E-state index contributed by atoms with van der Waals surface area (Å²) < 4.78 is 5.29. The molecule has 2 heteroatoms. The van der Waals surface area contributed by atoms with Crippen molar-refractivity contribution in [3.05, 3.63) is 23.7 Å². The van der Waals surface area contributed by atoms with Gasteiger partial charge in [-0.25, -0.2) is 0 Å². The maximum Gasteiger partial charge on any atom is 0.185 e. The lowest BCUT2D eigenvalue weighted by atomic mass is 10.0. The van der Waals surface area contributed by atoms with Gasteiger partial charge in [-0.05, 0) is 24.5 Å². The largest absolute Gasteiger partial charge is 0.458 e. The molecule has 1 aromatic heterocycles. The molecule has 0 saturated carbocycles. The van der Waals surface area contributed by atoms with Gasteiger partial charge in [0.2, 0.25) is 0 Å². The van der Waals surface area contributed by atoms with E-state index in [0.717, 1.165) is 30.8 Å². The highest BCUT2D eigenvalue weighted by Crippen LogP contribution is 2.12. The molecule has 1 aromatic rings. The second-order valence-corrected chi connectivity index (χ2v) is 4.42. The number of aryl methyl sites for hydroxylation is 1. The Balaban J connectivity index is 2.12. The Hall–Kier alpha value is -1.05. The molecule has 2 nitrogen and oxygen atoms in total. The molecule has 0 bridgehead atoms. The summed E-state index contributed by atoms with van der Waals surface area (Å²) in [6.45, 7) is 4.51. The Morgan fingerprint density at radius 2 is 2.07 bits per heavy atom. The molecule has 0 aromatic carbocycles. The molecule has 0 aliphatic carbocycles. The zero-order valence-electron chi connectivity index (χ0n) is 9.66. The van der Waals surface area contributed by atoms with Crippen LogP contribution in [0.1, 0.15) is 55.8 Å². The first-order valence-corrected chi connectivity index (χ1v) is 5.76. The van der Waals surface area contributed by atoms with Crippen LogP contribution in [0.3, 0.4) is 0 Å². The van der Waals surface area contributed by atoms with Gasteiger partial charge in [0.05, 0.1) is 0 Å². The van der Waals surface area contributed by atoms with Crippen LogP contribution in [0.5, 0.6) is 0 Å². The summed E-state index contributed by atoms with van der Waals surface area (Å²) in [7, 11) is 0. The molecule has 1 rings (SSSR count). The summed E-state index contributed by atoms with van der Waals surface area (Å²) in [6, 6.07) is 3.63. The molecule has 0 aliphatic rings. The van der Waals surface area contributed by atoms with Gasteiger partial charge in [-0.3, -0.25) is 4.79 Å². The number of carbonyl (C=O) groups excluding carboxylic acids is 1. The van der Waals surface area contributed by atoms with Gasteiger partial charge in [0.15, 0.2) is 12.0 Å². The molecule has 0 aliphatic heterocycles. The molecular weight excluding hydrogens is 188 g/mol. The number of hydrogen-bond donors (Lipinski definition) is 0. The third kappa shape index (κ3) is 4.82. The van der Waals surface area contributed by atoms with Gasteiger partial charge < -0.3 is 4.42 Å². The number of hydrogen-bond acceptors (Lipinski definition) is 2. The normalized spacial score (nSPS) is 10.9. The molecule has 15 heavy (non-hydrogen) atoms. The van der Waals surface area contributed by atoms with E-state index in [1.165, 1.54) is 19.3 Å². The fraction of sp³-hybridized carbons (Fsp3) is 0.615. The van der Waals surface area contributed by atoms with Crippen LogP contribution in [0.25, 0.3) is 0 Å². The summed E-state index contributed by atoms with van der Waals surface area (Å²) in [6.07, 6.45) is 6.69. The maximum absolute atomic E-state index is 10.4. The summed E-state index contributed by atoms with van der Waals surface area (Å²) in [5.74, 6) is 2.17. The number of furan rings is 1. The maximum atomic E-state index is 10.4. The number of carbonyl (C=O) groups is 1. The predicted octanol–water partition coefficient (Wildman–Crippen LogP) is 3.85. The van der Waals surface area contributed by atoms with E-state index in [1.54, 1.807) is 6.07 Å². The fourth-order valence-corrected chi connectivity index (χ4v) is 1.62. The number of rotatable bonds is 7. The van der Waals surface area contributed by atoms with Crippen molar-refractivity contribution in [2.75, 3.05) is 0 Å². The average Bonchev–Trinajstić information content (AvgIpc) is 2.65. The fourth-order valence-electron chi connectivity index (χ4n) is 1.62. The Labute approximate surface area is 91.7 Å². The Bertz CT molecular complexity index is 286. The Morgan fingerprint density at radius 3 is 2.67 bits per heavy atom. The van der Waals surface area contributed by atoms with Crippen LogP contribution in [0.15, 0.2) is 16.5 Å². The van der Waals surface area contributed by atoms with Crippen molar-refractivity contribution >= 4 is 6.29 Å². The third-order valence-corrected chi connectivity index (χ3v) is 2.50. The minimum atomic E-state index is 0.437. The molecule has 0 unspecified atom stereocenters. The molecule has 0 amide bonds. The van der Waals surface area contributed by atoms with E-state index in [1.807, 2.05) is 6.07 Å². The molecule has 84 valence electrons. The van der Waals surface area contributed by atoms with Gasteiger partial charge in [-0.2, -0.15) is 0 Å². The van der Waals surface area contributed by atoms with E-state index in [2.05, 4.69) is 13.8 Å². The van der Waals surface area contributed by atoms with Crippen molar-refractivity contribution in [1.82, 2.24) is 0 Å². The van der Waals surface area contributed by atoms with Gasteiger partial charge in [0, 0.05) is 6.42 Å². The lowest BCUT2D eigenvalue weighted by molar-refractivity contribution is 0.109. The highest BCUT2D eigenvalue weighted by atomic mass is 16.3. The van der Waals surface area contributed by atoms with Gasteiger partial charge in [-0.15, -0.1) is 0 Å². The molecule has 0 N–H and O–H groups in total. The first-order valence-electron chi connectivity index (χ1n) is 5.76. The molecule has 0 atom stereocenters. The van der Waals surface area contributed by atoms with Crippen molar-refractivity contribution < 1.29 is 9.21 Å². The SMILES string of the molecule is CC(C)CCCCCc1ccc(C=O)o1. The monoisotopic (exact) mass is 208 g/mol. The van der Waals surface area contributed by atoms with Crippen LogP contribution in [0.4, 0.5) is 0 Å². The van der Waals surface area contributed by atoms with E-state index in [0.29, 0.717) is 5.76 Å². The van der Waals surface area contributed by atoms with Crippen molar-refractivity contribution in [3.8, 4) is 0 Å². The first kappa shape index (κ1) is 12.0. The minimum absolute atomic E-state index is 0.437. The molecule has 0 fully saturated rings. The number of unbranched alkanes of at least 4 members (excludes halogenated alkanes) is 2. The van der Waals surface area contributed by atoms with E-state index in [9.17, 15) is 4.79 Å². The molecule has 0 radical (unpaired) electrons. The smallest absolute Gasteiger partial charge is 0.185 e. The Morgan fingerprint density at radius 1 is 1.27 bits per heavy atom. The van der Waals surface area contributed by atoms with Crippen molar-refractivity contribution in [3.63, 3.8) is 0 Å². The standard InChI is InChI=1S/C13H20O2/c1-11(2)6-4-3-5-7-12-8-9-13(10-14)15-12/h8-11H,3-7H2,1-2H3. The van der Waals surface area contributed by atoms with Crippen LogP contribution in [-0.2, 0) is 6.42 Å². The van der Waals surface area contributed by atoms with Crippen molar-refractivity contribution in [2.45, 2.75) is 46.0 Å². The predicted molar refractivity (Wildman–Crippen MR) is 61.1 cm³/mol. The average molecular weight is 208 g/mol. The van der Waals surface area contributed by atoms with E-state index < -0.39 is 0 Å². The van der Waals surface area contributed by atoms with E-state index in [4.69, 9.17) is 4.42 Å². The first-order chi connectivity index (χ1) is 7.22. The summed E-state index contributed by atoms with van der Waals surface area (Å²) >= 11 is 0. The van der Waals surface area contributed by atoms with Gasteiger partial charge in [0.1, 0.15) is 5.76 Å². The van der Waals surface area contributed by atoms with Gasteiger partial charge in [-0.1, -0.05) is 33.1 Å². The van der Waals surface area contributed by atoms with Crippen LogP contribution in [0, 0.1) is 5.92 Å². The van der Waals surface area contributed by atoms with Crippen molar-refractivity contribution in [2.24, 2.45) is 5.92 Å². The minimum Gasteiger partial charge on any atom is -0.458 e. The van der Waals surface area contributed by atoms with Gasteiger partial charge >= 0.3 is 0 Å². The molecule has 0 saturated heterocycles. The second kappa shape index (κ2) is 6.44. The summed E-state index contributed by atoms with van der Waals surface area (Å²) in [5.41, 5.74) is 0. The summed E-state index contributed by atoms with van der Waals surface area (Å²) in [5, 5.41) is 0. The Kier molecular flexibility index (Phi) is 5.16. The highest BCUT2D eigenvalue weighted by Gasteiger charge is 2.00. The number of aldehydes is 1. The third-order valence-electron chi connectivity index (χ3n) is 2.50. The quantitative estimate of drug-likeness (QED) is 0.503. The summed E-state index contributed by atoms with van der Waals surface area (Å²) in [4.78, 5) is 10.4. The zero-order chi connectivity index (χ0) is 11.1. The molecule has 1 heterocycles. The van der Waals surface area contributed by atoms with Crippen LogP contribution in [0.2, 0.25) is 0 Å². The van der Waals surface area contributed by atoms with Crippen LogP contribution < -0.4 is 0 Å². The molecular formula is C13H20O2. The lowest BCUT2D eigenvalue weighted by Gasteiger charge is -2.02. The molecule has 0 spiro atoms. The van der Waals surface area contributed by atoms with E-state index in [-0.39, 0.29) is 0 Å². The van der Waals surface area contributed by atoms with E-state index >= 15 is 0 Å². The lowest BCUT2D eigenvalue weighted by Crippen LogP contribution is -1.88. The second-order valence-electron chi connectivity index (χ2n) is 4.42. The van der Waals surface area contributed by atoms with Crippen LogP contribution in [-0.4, -0.2) is 6.29 Å². The topological polar surface area (TPSA) is 30.2 Å². The van der Waals surface area contributed by atoms with Crippen LogP contribution >= 0.6 is 0 Å². The van der Waals surface area contributed by atoms with Crippen molar-refractivity contribution in [1.29, 1.82) is 0 Å². The highest BCUT2D eigenvalue weighted by molar-refractivity contribution is 5.70. The zero-order valence-corrected chi connectivity index (χ0v) is 9.66. The van der Waals surface area contributed by atoms with Gasteiger partial charge in [0.25, 0.3) is 0 Å².